The number of nitrogen functional groups attached to an aromatic ring is 1. The van der Waals surface area contributed by atoms with Gasteiger partial charge in [0, 0.05) is 23.1 Å². The molecule has 1 atom stereocenters. The molecule has 0 bridgehead atoms. The number of pyridine rings is 2. The number of rotatable bonds is 3. The van der Waals surface area contributed by atoms with Crippen molar-refractivity contribution in [3.05, 3.63) is 46.8 Å². The van der Waals surface area contributed by atoms with Crippen LogP contribution < -0.4 is 10.5 Å². The van der Waals surface area contributed by atoms with Gasteiger partial charge < -0.3 is 10.5 Å². The monoisotopic (exact) mass is 293 g/mol. The fourth-order valence-electron chi connectivity index (χ4n) is 1.42. The summed E-state index contributed by atoms with van der Waals surface area (Å²) in [7, 11) is 0. The van der Waals surface area contributed by atoms with E-state index in [1.165, 1.54) is 0 Å². The van der Waals surface area contributed by atoms with E-state index < -0.39 is 0 Å². The lowest BCUT2D eigenvalue weighted by atomic mass is 10.2. The van der Waals surface area contributed by atoms with Crippen molar-refractivity contribution in [2.75, 3.05) is 5.73 Å². The van der Waals surface area contributed by atoms with E-state index in [2.05, 4.69) is 25.9 Å². The Kier molecular flexibility index (Phi) is 3.58. The Morgan fingerprint density at radius 3 is 2.76 bits per heavy atom. The lowest BCUT2D eigenvalue weighted by Crippen LogP contribution is -2.05. The van der Waals surface area contributed by atoms with Gasteiger partial charge in [-0.2, -0.15) is 0 Å². The Labute approximate surface area is 108 Å². The lowest BCUT2D eigenvalue weighted by Gasteiger charge is -2.15. The quantitative estimate of drug-likeness (QED) is 0.945. The highest BCUT2D eigenvalue weighted by Gasteiger charge is 2.10. The van der Waals surface area contributed by atoms with Crippen LogP contribution in [0.1, 0.15) is 18.6 Å². The Balaban J connectivity index is 2.18. The van der Waals surface area contributed by atoms with Crippen molar-refractivity contribution in [2.45, 2.75) is 13.0 Å². The number of aromatic nitrogens is 2. The maximum absolute atomic E-state index is 5.77. The van der Waals surface area contributed by atoms with Crippen LogP contribution in [0, 0.1) is 0 Å². The first-order valence-electron chi connectivity index (χ1n) is 5.14. The Morgan fingerprint density at radius 2 is 2.06 bits per heavy atom. The van der Waals surface area contributed by atoms with Gasteiger partial charge in [-0.15, -0.1) is 0 Å². The first kappa shape index (κ1) is 11.9. The molecular weight excluding hydrogens is 282 g/mol. The minimum atomic E-state index is -0.101. The van der Waals surface area contributed by atoms with Gasteiger partial charge in [0.2, 0.25) is 0 Å². The van der Waals surface area contributed by atoms with Crippen molar-refractivity contribution in [3.63, 3.8) is 0 Å². The van der Waals surface area contributed by atoms with Crippen molar-refractivity contribution < 1.29 is 4.74 Å². The highest BCUT2D eigenvalue weighted by molar-refractivity contribution is 9.10. The molecule has 88 valence electrons. The molecule has 0 aliphatic carbocycles. The van der Waals surface area contributed by atoms with Crippen LogP contribution in [0.2, 0.25) is 0 Å². The van der Waals surface area contributed by atoms with E-state index >= 15 is 0 Å². The predicted molar refractivity (Wildman–Crippen MR) is 69.6 cm³/mol. The van der Waals surface area contributed by atoms with Gasteiger partial charge in [0.05, 0.1) is 0 Å². The van der Waals surface area contributed by atoms with Crippen LogP contribution in [-0.2, 0) is 0 Å². The molecule has 0 aromatic carbocycles. The third-order valence-electron chi connectivity index (χ3n) is 2.33. The molecule has 2 rings (SSSR count). The van der Waals surface area contributed by atoms with Crippen molar-refractivity contribution in [3.8, 4) is 5.75 Å². The molecule has 0 fully saturated rings. The maximum atomic E-state index is 5.77. The van der Waals surface area contributed by atoms with Gasteiger partial charge in [0.25, 0.3) is 0 Å². The van der Waals surface area contributed by atoms with Gasteiger partial charge in [-0.05, 0) is 46.6 Å². The molecule has 2 heterocycles. The van der Waals surface area contributed by atoms with E-state index in [4.69, 9.17) is 10.5 Å². The number of ether oxygens (including phenoxy) is 1. The summed E-state index contributed by atoms with van der Waals surface area (Å²) < 4.78 is 6.60. The van der Waals surface area contributed by atoms with Crippen LogP contribution >= 0.6 is 15.9 Å². The molecule has 1 unspecified atom stereocenters. The molecule has 0 saturated heterocycles. The SMILES string of the molecule is CC(Oc1cc(Br)cnc1N)c1ccncc1. The summed E-state index contributed by atoms with van der Waals surface area (Å²) in [6.45, 7) is 1.95. The Morgan fingerprint density at radius 1 is 1.35 bits per heavy atom. The Hall–Kier alpha value is -1.62. The summed E-state index contributed by atoms with van der Waals surface area (Å²) in [6, 6.07) is 5.62. The number of hydrogen-bond donors (Lipinski definition) is 1. The summed E-state index contributed by atoms with van der Waals surface area (Å²) in [5.41, 5.74) is 6.79. The average molecular weight is 294 g/mol. The van der Waals surface area contributed by atoms with E-state index in [9.17, 15) is 0 Å². The third kappa shape index (κ3) is 2.94. The highest BCUT2D eigenvalue weighted by atomic mass is 79.9. The second-order valence-corrected chi connectivity index (χ2v) is 4.49. The van der Waals surface area contributed by atoms with Gasteiger partial charge in [-0.25, -0.2) is 4.98 Å². The van der Waals surface area contributed by atoms with Gasteiger partial charge >= 0.3 is 0 Å². The largest absolute Gasteiger partial charge is 0.482 e. The number of halogens is 1. The standard InChI is InChI=1S/C12H12BrN3O/c1-8(9-2-4-15-5-3-9)17-11-6-10(13)7-16-12(11)14/h2-8H,1H3,(H2,14,16). The van der Waals surface area contributed by atoms with Crippen LogP contribution in [-0.4, -0.2) is 9.97 Å². The normalized spacial score (nSPS) is 12.1. The van der Waals surface area contributed by atoms with Gasteiger partial charge in [-0.3, -0.25) is 4.98 Å². The molecule has 17 heavy (non-hydrogen) atoms. The molecule has 0 amide bonds. The van der Waals surface area contributed by atoms with Gasteiger partial charge in [-0.1, -0.05) is 0 Å². The van der Waals surface area contributed by atoms with E-state index in [1.807, 2.05) is 19.1 Å². The van der Waals surface area contributed by atoms with Crippen LogP contribution in [0.15, 0.2) is 41.3 Å². The van der Waals surface area contributed by atoms with E-state index in [0.717, 1.165) is 10.0 Å². The number of hydrogen-bond acceptors (Lipinski definition) is 4. The van der Waals surface area contributed by atoms with Crippen LogP contribution in [0.5, 0.6) is 5.75 Å². The third-order valence-corrected chi connectivity index (χ3v) is 2.76. The fraction of sp³-hybridized carbons (Fsp3) is 0.167. The van der Waals surface area contributed by atoms with Crippen LogP contribution in [0.25, 0.3) is 0 Å². The summed E-state index contributed by atoms with van der Waals surface area (Å²) in [5.74, 6) is 0.956. The van der Waals surface area contributed by atoms with E-state index in [-0.39, 0.29) is 6.10 Å². The molecule has 0 radical (unpaired) electrons. The first-order chi connectivity index (χ1) is 8.16. The first-order valence-corrected chi connectivity index (χ1v) is 5.93. The molecule has 0 spiro atoms. The molecule has 0 aliphatic heterocycles. The smallest absolute Gasteiger partial charge is 0.166 e. The van der Waals surface area contributed by atoms with Gasteiger partial charge in [0.1, 0.15) is 6.10 Å². The number of nitrogens with two attached hydrogens (primary N) is 1. The second-order valence-electron chi connectivity index (χ2n) is 3.58. The zero-order valence-corrected chi connectivity index (χ0v) is 10.9. The zero-order chi connectivity index (χ0) is 12.3. The summed E-state index contributed by atoms with van der Waals surface area (Å²) >= 11 is 3.33. The molecule has 2 N–H and O–H groups in total. The molecule has 0 saturated carbocycles. The van der Waals surface area contributed by atoms with Crippen molar-refractivity contribution in [1.29, 1.82) is 0 Å². The molecule has 2 aromatic heterocycles. The zero-order valence-electron chi connectivity index (χ0n) is 9.30. The van der Waals surface area contributed by atoms with E-state index in [1.54, 1.807) is 24.7 Å². The van der Waals surface area contributed by atoms with Gasteiger partial charge in [0.15, 0.2) is 11.6 Å². The molecule has 2 aromatic rings. The molecule has 5 heteroatoms. The fourth-order valence-corrected chi connectivity index (χ4v) is 1.73. The second kappa shape index (κ2) is 5.14. The van der Waals surface area contributed by atoms with Crippen LogP contribution in [0.4, 0.5) is 5.82 Å². The van der Waals surface area contributed by atoms with Crippen molar-refractivity contribution in [1.82, 2.24) is 9.97 Å². The average Bonchev–Trinajstić information content (AvgIpc) is 2.35. The van der Waals surface area contributed by atoms with Crippen molar-refractivity contribution in [2.24, 2.45) is 0 Å². The summed E-state index contributed by atoms with van der Waals surface area (Å²) in [5, 5.41) is 0. The highest BCUT2D eigenvalue weighted by Crippen LogP contribution is 2.27. The minimum absolute atomic E-state index is 0.101. The predicted octanol–water partition coefficient (Wildman–Crippen LogP) is 2.96. The number of nitrogens with zero attached hydrogens (tertiary/aromatic N) is 2. The van der Waals surface area contributed by atoms with Crippen LogP contribution in [0.3, 0.4) is 0 Å². The molecule has 0 aliphatic rings. The molecular formula is C12H12BrN3O. The minimum Gasteiger partial charge on any atom is -0.482 e. The lowest BCUT2D eigenvalue weighted by molar-refractivity contribution is 0.227. The van der Waals surface area contributed by atoms with E-state index in [0.29, 0.717) is 11.6 Å². The topological polar surface area (TPSA) is 61.0 Å². The summed E-state index contributed by atoms with van der Waals surface area (Å²) in [6.07, 6.45) is 5.01. The van der Waals surface area contributed by atoms with Crippen molar-refractivity contribution >= 4 is 21.7 Å². The Bertz CT molecular complexity index is 504. The maximum Gasteiger partial charge on any atom is 0.166 e. The summed E-state index contributed by atoms with van der Waals surface area (Å²) in [4.78, 5) is 7.99. The molecule has 4 nitrogen and oxygen atoms in total. The number of anilines is 1.